The van der Waals surface area contributed by atoms with Gasteiger partial charge in [-0.25, -0.2) is 0 Å². The number of carbonyl (C=O) groups is 1. The number of nitro groups is 1. The number of ketones is 1. The van der Waals surface area contributed by atoms with Gasteiger partial charge in [0.15, 0.2) is 5.78 Å². The molecule has 0 bridgehead atoms. The summed E-state index contributed by atoms with van der Waals surface area (Å²) in [6, 6.07) is 8.13. The minimum Gasteiger partial charge on any atom is -0.467 e. The predicted octanol–water partition coefficient (Wildman–Crippen LogP) is 3.03. The zero-order valence-electron chi connectivity index (χ0n) is 11.2. The normalized spacial score (nSPS) is 10.3. The number of Topliss-reactive ketones (excluding diaryl/α,β-unsaturated/α-hetero) is 1. The third-order valence-electron chi connectivity index (χ3n) is 2.97. The quantitative estimate of drug-likeness (QED) is 0.476. The minimum atomic E-state index is -0.549. The van der Waals surface area contributed by atoms with E-state index in [2.05, 4.69) is 0 Å². The molecular formula is C14H14N2O4. The lowest BCUT2D eigenvalue weighted by Gasteiger charge is -2.18. The van der Waals surface area contributed by atoms with Crippen molar-refractivity contribution < 1.29 is 14.1 Å². The Morgan fingerprint density at radius 1 is 1.40 bits per heavy atom. The van der Waals surface area contributed by atoms with Crippen molar-refractivity contribution in [3.05, 3.63) is 58.0 Å². The molecule has 1 heterocycles. The van der Waals surface area contributed by atoms with Crippen LogP contribution in [0.3, 0.4) is 0 Å². The van der Waals surface area contributed by atoms with Gasteiger partial charge in [0.2, 0.25) is 0 Å². The van der Waals surface area contributed by atoms with E-state index in [1.54, 1.807) is 18.4 Å². The molecule has 0 saturated heterocycles. The highest BCUT2D eigenvalue weighted by Crippen LogP contribution is 2.25. The number of nitrogens with zero attached hydrogens (tertiary/aromatic N) is 2. The van der Waals surface area contributed by atoms with Crippen LogP contribution in [0, 0.1) is 10.1 Å². The van der Waals surface area contributed by atoms with Crippen LogP contribution in [-0.4, -0.2) is 17.8 Å². The van der Waals surface area contributed by atoms with E-state index in [-0.39, 0.29) is 17.0 Å². The monoisotopic (exact) mass is 274 g/mol. The molecule has 0 N–H and O–H groups in total. The summed E-state index contributed by atoms with van der Waals surface area (Å²) < 4.78 is 5.25. The van der Waals surface area contributed by atoms with Gasteiger partial charge in [0.05, 0.1) is 23.3 Å². The Morgan fingerprint density at radius 2 is 2.15 bits per heavy atom. The van der Waals surface area contributed by atoms with Crippen molar-refractivity contribution in [1.29, 1.82) is 0 Å². The molecule has 0 atom stereocenters. The van der Waals surface area contributed by atoms with Crippen LogP contribution in [-0.2, 0) is 6.54 Å². The summed E-state index contributed by atoms with van der Waals surface area (Å²) in [6.45, 7) is 1.83. The van der Waals surface area contributed by atoms with Gasteiger partial charge in [-0.05, 0) is 31.2 Å². The molecule has 0 aliphatic rings. The van der Waals surface area contributed by atoms with E-state index in [9.17, 15) is 14.9 Å². The van der Waals surface area contributed by atoms with Crippen LogP contribution in [0.1, 0.15) is 23.0 Å². The first kappa shape index (κ1) is 13.8. The van der Waals surface area contributed by atoms with Crippen LogP contribution >= 0.6 is 0 Å². The molecule has 0 amide bonds. The van der Waals surface area contributed by atoms with Gasteiger partial charge in [-0.15, -0.1) is 0 Å². The third kappa shape index (κ3) is 2.85. The van der Waals surface area contributed by atoms with Gasteiger partial charge in [-0.1, -0.05) is 0 Å². The molecule has 0 aliphatic carbocycles. The molecule has 0 fully saturated rings. The summed E-state index contributed by atoms with van der Waals surface area (Å²) in [5.41, 5.74) is 0.656. The van der Waals surface area contributed by atoms with Crippen LogP contribution in [0.15, 0.2) is 41.0 Å². The van der Waals surface area contributed by atoms with Crippen molar-refractivity contribution in [3.63, 3.8) is 0 Å². The maximum atomic E-state index is 11.5. The molecule has 0 radical (unpaired) electrons. The zero-order chi connectivity index (χ0) is 14.7. The third-order valence-corrected chi connectivity index (χ3v) is 2.97. The Bertz CT molecular complexity index is 635. The summed E-state index contributed by atoms with van der Waals surface area (Å²) in [7, 11) is 1.83. The van der Waals surface area contributed by atoms with E-state index in [1.165, 1.54) is 19.1 Å². The SMILES string of the molecule is CC(=O)c1cc(N(C)Cc2ccco2)ccc1[N+](=O)[O-]. The number of benzene rings is 1. The molecule has 0 aliphatic heterocycles. The molecule has 0 unspecified atom stereocenters. The van der Waals surface area contributed by atoms with Crippen molar-refractivity contribution >= 4 is 17.2 Å². The summed E-state index contributed by atoms with van der Waals surface area (Å²) in [4.78, 5) is 23.7. The van der Waals surface area contributed by atoms with Gasteiger partial charge in [-0.2, -0.15) is 0 Å². The van der Waals surface area contributed by atoms with E-state index < -0.39 is 4.92 Å². The van der Waals surface area contributed by atoms with Crippen LogP contribution in [0.5, 0.6) is 0 Å². The van der Waals surface area contributed by atoms with Crippen LogP contribution < -0.4 is 4.90 Å². The number of nitro benzene ring substituents is 1. The fourth-order valence-corrected chi connectivity index (χ4v) is 1.93. The first-order valence-electron chi connectivity index (χ1n) is 6.02. The average molecular weight is 274 g/mol. The maximum Gasteiger partial charge on any atom is 0.280 e. The highest BCUT2D eigenvalue weighted by Gasteiger charge is 2.18. The second kappa shape index (κ2) is 5.56. The van der Waals surface area contributed by atoms with Crippen LogP contribution in [0.25, 0.3) is 0 Å². The Balaban J connectivity index is 2.31. The first-order valence-corrected chi connectivity index (χ1v) is 6.02. The first-order chi connectivity index (χ1) is 9.49. The van der Waals surface area contributed by atoms with Crippen molar-refractivity contribution in [1.82, 2.24) is 0 Å². The molecular weight excluding hydrogens is 260 g/mol. The Hall–Kier alpha value is -2.63. The summed E-state index contributed by atoms with van der Waals surface area (Å²) in [5.74, 6) is 0.445. The van der Waals surface area contributed by atoms with E-state index in [0.29, 0.717) is 6.54 Å². The molecule has 6 nitrogen and oxygen atoms in total. The largest absolute Gasteiger partial charge is 0.467 e. The number of furan rings is 1. The summed E-state index contributed by atoms with van der Waals surface area (Å²) >= 11 is 0. The number of anilines is 1. The maximum absolute atomic E-state index is 11.5. The lowest BCUT2D eigenvalue weighted by atomic mass is 10.1. The summed E-state index contributed by atoms with van der Waals surface area (Å²) in [5, 5.41) is 10.9. The second-order valence-electron chi connectivity index (χ2n) is 4.45. The lowest BCUT2D eigenvalue weighted by Crippen LogP contribution is -2.16. The van der Waals surface area contributed by atoms with Crippen molar-refractivity contribution in [3.8, 4) is 0 Å². The fourth-order valence-electron chi connectivity index (χ4n) is 1.93. The number of carbonyl (C=O) groups excluding carboxylic acids is 1. The summed E-state index contributed by atoms with van der Waals surface area (Å²) in [6.07, 6.45) is 1.58. The zero-order valence-corrected chi connectivity index (χ0v) is 11.2. The van der Waals surface area contributed by atoms with Gasteiger partial charge < -0.3 is 9.32 Å². The second-order valence-corrected chi connectivity index (χ2v) is 4.45. The molecule has 1 aromatic heterocycles. The molecule has 104 valence electrons. The fraction of sp³-hybridized carbons (Fsp3) is 0.214. The Labute approximate surface area is 115 Å². The molecule has 0 spiro atoms. The van der Waals surface area contributed by atoms with Crippen molar-refractivity contribution in [2.75, 3.05) is 11.9 Å². The molecule has 0 saturated carbocycles. The molecule has 20 heavy (non-hydrogen) atoms. The van der Waals surface area contributed by atoms with Gasteiger partial charge in [-0.3, -0.25) is 14.9 Å². The standard InChI is InChI=1S/C14H14N2O4/c1-10(17)13-8-11(5-6-14(13)16(18)19)15(2)9-12-4-3-7-20-12/h3-8H,9H2,1-2H3. The highest BCUT2D eigenvalue weighted by molar-refractivity contribution is 5.99. The highest BCUT2D eigenvalue weighted by atomic mass is 16.6. The van der Waals surface area contributed by atoms with Gasteiger partial charge in [0.1, 0.15) is 5.76 Å². The van der Waals surface area contributed by atoms with Gasteiger partial charge >= 0.3 is 0 Å². The average Bonchev–Trinajstić information content (AvgIpc) is 2.90. The smallest absolute Gasteiger partial charge is 0.280 e. The Morgan fingerprint density at radius 3 is 2.70 bits per heavy atom. The lowest BCUT2D eigenvalue weighted by molar-refractivity contribution is -0.385. The van der Waals surface area contributed by atoms with Gasteiger partial charge in [0.25, 0.3) is 5.69 Å². The molecule has 2 aromatic rings. The number of rotatable bonds is 5. The van der Waals surface area contributed by atoms with Crippen LogP contribution in [0.2, 0.25) is 0 Å². The van der Waals surface area contributed by atoms with Crippen molar-refractivity contribution in [2.45, 2.75) is 13.5 Å². The predicted molar refractivity (Wildman–Crippen MR) is 73.9 cm³/mol. The number of hydrogen-bond acceptors (Lipinski definition) is 5. The number of hydrogen-bond donors (Lipinski definition) is 0. The molecule has 1 aromatic carbocycles. The topological polar surface area (TPSA) is 76.6 Å². The van der Waals surface area contributed by atoms with Crippen LogP contribution in [0.4, 0.5) is 11.4 Å². The van der Waals surface area contributed by atoms with E-state index in [4.69, 9.17) is 4.42 Å². The van der Waals surface area contributed by atoms with E-state index in [0.717, 1.165) is 11.4 Å². The van der Waals surface area contributed by atoms with E-state index in [1.807, 2.05) is 18.0 Å². The molecule has 2 rings (SSSR count). The molecule has 6 heteroatoms. The van der Waals surface area contributed by atoms with E-state index >= 15 is 0 Å². The van der Waals surface area contributed by atoms with Crippen molar-refractivity contribution in [2.24, 2.45) is 0 Å². The van der Waals surface area contributed by atoms with Gasteiger partial charge in [0, 0.05) is 18.8 Å². The minimum absolute atomic E-state index is 0.110. The Kier molecular flexibility index (Phi) is 3.84.